The lowest BCUT2D eigenvalue weighted by molar-refractivity contribution is 0.303. The van der Waals surface area contributed by atoms with Crippen LogP contribution >= 0.6 is 0 Å². The van der Waals surface area contributed by atoms with Crippen LogP contribution < -0.4 is 0 Å². The summed E-state index contributed by atoms with van der Waals surface area (Å²) in [5.74, 6) is 2.56. The lowest BCUT2D eigenvalue weighted by atomic mass is 9.80. The molecule has 0 aromatic carbocycles. The van der Waals surface area contributed by atoms with Gasteiger partial charge in [0, 0.05) is 0 Å². The van der Waals surface area contributed by atoms with E-state index in [9.17, 15) is 0 Å². The Bertz CT molecular complexity index is 171. The summed E-state index contributed by atoms with van der Waals surface area (Å²) in [5.41, 5.74) is 0. The minimum atomic E-state index is 0.420. The first-order valence-corrected chi connectivity index (χ1v) is 7.02. The van der Waals surface area contributed by atoms with Crippen molar-refractivity contribution in [1.29, 1.82) is 0 Å². The van der Waals surface area contributed by atoms with Crippen LogP contribution in [0.5, 0.6) is 0 Å². The van der Waals surface area contributed by atoms with E-state index in [0.717, 1.165) is 32.1 Å². The van der Waals surface area contributed by atoms with Gasteiger partial charge in [-0.25, -0.2) is 0 Å². The monoisotopic (exact) mass is 235 g/mol. The number of hydrogen-bond donors (Lipinski definition) is 0. The minimum absolute atomic E-state index is 0.420. The minimum Gasteiger partial charge on any atom is -0.343 e. The molecule has 98 valence electrons. The number of hydrogen-bond acceptors (Lipinski definition) is 0. The Balaban J connectivity index is 4.03. The molecule has 0 rings (SSSR count). The molecule has 0 saturated heterocycles. The summed E-state index contributed by atoms with van der Waals surface area (Å²) in [4.78, 5) is 0. The Morgan fingerprint density at radius 1 is 1.06 bits per heavy atom. The summed E-state index contributed by atoms with van der Waals surface area (Å²) in [6.45, 7) is 25.0. The zero-order valence-electron chi connectivity index (χ0n) is 12.0. The molecule has 0 radical (unpaired) electrons. The van der Waals surface area contributed by atoms with Gasteiger partial charge in [-0.05, 0) is 26.2 Å². The molecule has 0 saturated carbocycles. The average molecular weight is 235 g/mol. The lowest BCUT2D eigenvalue weighted by Crippen LogP contribution is -2.15. The highest BCUT2D eigenvalue weighted by molar-refractivity contribution is 4.78. The fourth-order valence-electron chi connectivity index (χ4n) is 2.20. The maximum atomic E-state index is 4.26. The Kier molecular flexibility index (Phi) is 8.47. The zero-order valence-corrected chi connectivity index (χ0v) is 12.0. The van der Waals surface area contributed by atoms with Gasteiger partial charge in [-0.3, -0.25) is 0 Å². The van der Waals surface area contributed by atoms with Crippen LogP contribution in [0.3, 0.4) is 0 Å². The molecule has 0 heteroatoms. The second-order valence-corrected chi connectivity index (χ2v) is 5.74. The standard InChI is InChI=1S/C17H31/c1-8-14(5)10-15(6)11-17(9-2)12-16(7)13(3)4/h13-17H,2-3,5-12H2,1,4H3/q+1. The van der Waals surface area contributed by atoms with Crippen molar-refractivity contribution < 1.29 is 0 Å². The summed E-state index contributed by atoms with van der Waals surface area (Å²) in [6, 6.07) is 0. The van der Waals surface area contributed by atoms with Crippen molar-refractivity contribution >= 4 is 0 Å². The molecule has 0 spiro atoms. The molecule has 0 aromatic rings. The molecule has 0 amide bonds. The van der Waals surface area contributed by atoms with Gasteiger partial charge in [0.2, 0.25) is 0 Å². The molecule has 5 unspecified atom stereocenters. The highest BCUT2D eigenvalue weighted by Crippen LogP contribution is 2.29. The molecule has 0 bridgehead atoms. The molecule has 0 N–H and O–H groups in total. The van der Waals surface area contributed by atoms with Crippen LogP contribution in [-0.2, 0) is 0 Å². The number of rotatable bonds is 9. The Hall–Kier alpha value is -0.390. The molecule has 0 aromatic heterocycles. The van der Waals surface area contributed by atoms with E-state index >= 15 is 0 Å². The molecule has 0 heterocycles. The van der Waals surface area contributed by atoms with Crippen molar-refractivity contribution in [2.75, 3.05) is 0 Å². The molecule has 0 fully saturated rings. The van der Waals surface area contributed by atoms with E-state index in [4.69, 9.17) is 0 Å². The third-order valence-corrected chi connectivity index (χ3v) is 3.76. The summed E-state index contributed by atoms with van der Waals surface area (Å²) in [7, 11) is 0. The van der Waals surface area contributed by atoms with Gasteiger partial charge in [0.05, 0.1) is 26.7 Å². The van der Waals surface area contributed by atoms with Crippen LogP contribution in [0.2, 0.25) is 0 Å². The van der Waals surface area contributed by atoms with Gasteiger partial charge in [-0.15, -0.1) is 0 Å². The van der Waals surface area contributed by atoms with Gasteiger partial charge in [-0.2, -0.15) is 12.3 Å². The molecule has 0 aliphatic rings. The molecular formula is C17H31+. The van der Waals surface area contributed by atoms with Crippen molar-refractivity contribution in [3.05, 3.63) is 34.6 Å². The largest absolute Gasteiger partial charge is 0.343 e. The second-order valence-electron chi connectivity index (χ2n) is 5.74. The van der Waals surface area contributed by atoms with E-state index in [2.05, 4.69) is 48.5 Å². The van der Waals surface area contributed by atoms with Crippen LogP contribution in [0.1, 0.15) is 46.0 Å². The van der Waals surface area contributed by atoms with Crippen molar-refractivity contribution in [3.63, 3.8) is 0 Å². The molecule has 0 aliphatic heterocycles. The van der Waals surface area contributed by atoms with E-state index < -0.39 is 0 Å². The SMILES string of the molecule is [CH2+]C(CC([CH2-])CC)CC(C[CH2-])CC([CH2+])C([CH2+])C. The lowest BCUT2D eigenvalue weighted by Gasteiger charge is -2.23. The first-order chi connectivity index (χ1) is 7.90. The zero-order chi connectivity index (χ0) is 13.4. The van der Waals surface area contributed by atoms with Crippen LogP contribution in [0.25, 0.3) is 0 Å². The third-order valence-electron chi connectivity index (χ3n) is 3.76. The molecule has 0 nitrogen and oxygen atoms in total. The van der Waals surface area contributed by atoms with Gasteiger partial charge in [0.25, 0.3) is 0 Å². The van der Waals surface area contributed by atoms with Crippen molar-refractivity contribution in [2.45, 2.75) is 46.0 Å². The van der Waals surface area contributed by atoms with Crippen LogP contribution in [0.15, 0.2) is 0 Å². The predicted molar refractivity (Wildman–Crippen MR) is 78.7 cm³/mol. The maximum absolute atomic E-state index is 4.26. The van der Waals surface area contributed by atoms with Gasteiger partial charge >= 0.3 is 0 Å². The molecular weight excluding hydrogens is 204 g/mol. The summed E-state index contributed by atoms with van der Waals surface area (Å²) in [6.07, 6.45) is 5.56. The maximum Gasteiger partial charge on any atom is 0.138 e. The Labute approximate surface area is 111 Å². The molecule has 17 heavy (non-hydrogen) atoms. The first kappa shape index (κ1) is 16.6. The smallest absolute Gasteiger partial charge is 0.138 e. The summed E-state index contributed by atoms with van der Waals surface area (Å²) >= 11 is 0. The topological polar surface area (TPSA) is 0 Å². The van der Waals surface area contributed by atoms with E-state index in [1.54, 1.807) is 0 Å². The molecule has 5 atom stereocenters. The van der Waals surface area contributed by atoms with E-state index in [0.29, 0.717) is 29.6 Å². The van der Waals surface area contributed by atoms with Crippen LogP contribution in [0.4, 0.5) is 0 Å². The predicted octanol–water partition coefficient (Wildman–Crippen LogP) is 5.23. The summed E-state index contributed by atoms with van der Waals surface area (Å²) in [5, 5.41) is 0. The fourth-order valence-corrected chi connectivity index (χ4v) is 2.20. The van der Waals surface area contributed by atoms with Crippen molar-refractivity contribution in [3.8, 4) is 0 Å². The van der Waals surface area contributed by atoms with Crippen molar-refractivity contribution in [1.82, 2.24) is 0 Å². The first-order valence-electron chi connectivity index (χ1n) is 7.02. The average Bonchev–Trinajstić information content (AvgIpc) is 2.27. The van der Waals surface area contributed by atoms with Gasteiger partial charge in [-0.1, -0.05) is 19.3 Å². The van der Waals surface area contributed by atoms with Crippen LogP contribution in [-0.4, -0.2) is 0 Å². The Morgan fingerprint density at radius 2 is 1.65 bits per heavy atom. The van der Waals surface area contributed by atoms with Gasteiger partial charge in [0.1, 0.15) is 11.8 Å². The fraction of sp³-hybridized carbons (Fsp3) is 0.706. The molecule has 0 aliphatic carbocycles. The third kappa shape index (κ3) is 7.52. The highest BCUT2D eigenvalue weighted by Gasteiger charge is 2.24. The van der Waals surface area contributed by atoms with Crippen LogP contribution in [0, 0.1) is 64.2 Å². The Morgan fingerprint density at radius 3 is 2.06 bits per heavy atom. The normalized spacial score (nSPS) is 20.5. The van der Waals surface area contributed by atoms with E-state index in [1.165, 1.54) is 0 Å². The van der Waals surface area contributed by atoms with Gasteiger partial charge in [0.15, 0.2) is 0 Å². The second kappa shape index (κ2) is 8.66. The van der Waals surface area contributed by atoms with Gasteiger partial charge < -0.3 is 13.8 Å². The quantitative estimate of drug-likeness (QED) is 0.480. The van der Waals surface area contributed by atoms with E-state index in [-0.39, 0.29) is 0 Å². The summed E-state index contributed by atoms with van der Waals surface area (Å²) < 4.78 is 0. The highest BCUT2D eigenvalue weighted by atomic mass is 14.2. The van der Waals surface area contributed by atoms with E-state index in [1.807, 2.05) is 0 Å². The van der Waals surface area contributed by atoms with Crippen molar-refractivity contribution in [2.24, 2.45) is 29.6 Å².